The van der Waals surface area contributed by atoms with Crippen molar-refractivity contribution in [1.82, 2.24) is 4.90 Å². The van der Waals surface area contributed by atoms with E-state index in [9.17, 15) is 14.0 Å². The Morgan fingerprint density at radius 3 is 2.36 bits per heavy atom. The van der Waals surface area contributed by atoms with Gasteiger partial charge in [-0.05, 0) is 43.7 Å². The minimum absolute atomic E-state index is 0.208. The van der Waals surface area contributed by atoms with Crippen molar-refractivity contribution < 1.29 is 19.1 Å². The third kappa shape index (κ3) is 3.71. The van der Waals surface area contributed by atoms with E-state index in [0.717, 1.165) is 10.4 Å². The maximum absolute atomic E-state index is 12.9. The molecule has 0 aliphatic rings. The molecule has 0 saturated heterocycles. The number of carbonyl (C=O) groups is 2. The second-order valence-corrected chi connectivity index (χ2v) is 6.18. The molecule has 0 atom stereocenters. The standard InChI is InChI=1S/C16H16FNO3S/c1-10(2)18(9-15(19)20)16(21)14-8-7-13(22-14)11-3-5-12(17)6-4-11/h3-8,10H,9H2,1-2H3,(H,19,20). The summed E-state index contributed by atoms with van der Waals surface area (Å²) in [5, 5.41) is 8.91. The number of carboxylic acids is 1. The Kier molecular flexibility index (Phi) is 4.92. The van der Waals surface area contributed by atoms with Crippen LogP contribution in [0.5, 0.6) is 0 Å². The Hall–Kier alpha value is -2.21. The highest BCUT2D eigenvalue weighted by molar-refractivity contribution is 7.17. The van der Waals surface area contributed by atoms with Gasteiger partial charge in [0.2, 0.25) is 0 Å². The van der Waals surface area contributed by atoms with Gasteiger partial charge in [-0.1, -0.05) is 12.1 Å². The third-order valence-electron chi connectivity index (χ3n) is 3.14. The average molecular weight is 321 g/mol. The molecule has 0 spiro atoms. The van der Waals surface area contributed by atoms with Crippen molar-refractivity contribution in [2.45, 2.75) is 19.9 Å². The zero-order valence-corrected chi connectivity index (χ0v) is 13.1. The minimum atomic E-state index is -1.04. The summed E-state index contributed by atoms with van der Waals surface area (Å²) >= 11 is 1.27. The molecule has 0 saturated carbocycles. The number of hydrogen-bond donors (Lipinski definition) is 1. The van der Waals surface area contributed by atoms with Crippen LogP contribution in [-0.4, -0.2) is 34.5 Å². The van der Waals surface area contributed by atoms with Crippen LogP contribution < -0.4 is 0 Å². The number of halogens is 1. The molecule has 22 heavy (non-hydrogen) atoms. The van der Waals surface area contributed by atoms with E-state index in [2.05, 4.69) is 0 Å². The van der Waals surface area contributed by atoms with Crippen molar-refractivity contribution in [2.75, 3.05) is 6.54 Å². The fourth-order valence-electron chi connectivity index (χ4n) is 2.00. The van der Waals surface area contributed by atoms with Crippen molar-refractivity contribution in [3.8, 4) is 10.4 Å². The van der Waals surface area contributed by atoms with Gasteiger partial charge in [0.05, 0.1) is 4.88 Å². The fourth-order valence-corrected chi connectivity index (χ4v) is 2.97. The summed E-state index contributed by atoms with van der Waals surface area (Å²) in [6.07, 6.45) is 0. The Balaban J connectivity index is 2.24. The monoisotopic (exact) mass is 321 g/mol. The first-order valence-corrected chi connectivity index (χ1v) is 7.58. The molecule has 2 aromatic rings. The van der Waals surface area contributed by atoms with Crippen molar-refractivity contribution in [1.29, 1.82) is 0 Å². The predicted molar refractivity (Wildman–Crippen MR) is 83.5 cm³/mol. The fraction of sp³-hybridized carbons (Fsp3) is 0.250. The molecule has 0 bridgehead atoms. The number of hydrogen-bond acceptors (Lipinski definition) is 3. The van der Waals surface area contributed by atoms with E-state index in [4.69, 9.17) is 5.11 Å². The molecular formula is C16H16FNO3S. The minimum Gasteiger partial charge on any atom is -0.480 e. The first-order chi connectivity index (χ1) is 10.4. The van der Waals surface area contributed by atoms with Crippen LogP contribution in [0.1, 0.15) is 23.5 Å². The van der Waals surface area contributed by atoms with Gasteiger partial charge in [-0.25, -0.2) is 4.39 Å². The number of rotatable bonds is 5. The van der Waals surface area contributed by atoms with E-state index in [-0.39, 0.29) is 24.3 Å². The lowest BCUT2D eigenvalue weighted by molar-refractivity contribution is -0.138. The van der Waals surface area contributed by atoms with Gasteiger partial charge in [0.25, 0.3) is 5.91 Å². The maximum Gasteiger partial charge on any atom is 0.323 e. The quantitative estimate of drug-likeness (QED) is 0.917. The average Bonchev–Trinajstić information content (AvgIpc) is 2.94. The van der Waals surface area contributed by atoms with E-state index in [1.807, 2.05) is 0 Å². The molecular weight excluding hydrogens is 305 g/mol. The van der Waals surface area contributed by atoms with Crippen LogP contribution in [0.2, 0.25) is 0 Å². The van der Waals surface area contributed by atoms with Crippen molar-refractivity contribution in [3.05, 3.63) is 47.1 Å². The van der Waals surface area contributed by atoms with E-state index >= 15 is 0 Å². The Morgan fingerprint density at radius 1 is 1.18 bits per heavy atom. The topological polar surface area (TPSA) is 57.6 Å². The van der Waals surface area contributed by atoms with Crippen LogP contribution in [0.4, 0.5) is 4.39 Å². The Bertz CT molecular complexity index is 679. The van der Waals surface area contributed by atoms with Crippen LogP contribution in [0, 0.1) is 5.82 Å². The van der Waals surface area contributed by atoms with Gasteiger partial charge in [-0.2, -0.15) is 0 Å². The number of amides is 1. The van der Waals surface area contributed by atoms with Gasteiger partial charge in [0.15, 0.2) is 0 Å². The van der Waals surface area contributed by atoms with Gasteiger partial charge < -0.3 is 10.0 Å². The lowest BCUT2D eigenvalue weighted by Crippen LogP contribution is -2.40. The number of nitrogens with zero attached hydrogens (tertiary/aromatic N) is 1. The SMILES string of the molecule is CC(C)N(CC(=O)O)C(=O)c1ccc(-c2ccc(F)cc2)s1. The maximum atomic E-state index is 12.9. The normalized spacial score (nSPS) is 10.7. The molecule has 0 unspecified atom stereocenters. The number of benzene rings is 1. The van der Waals surface area contributed by atoms with Gasteiger partial charge in [-0.15, -0.1) is 11.3 Å². The van der Waals surface area contributed by atoms with Crippen LogP contribution >= 0.6 is 11.3 Å². The molecule has 1 aromatic carbocycles. The molecule has 0 radical (unpaired) electrons. The largest absolute Gasteiger partial charge is 0.480 e. The number of thiophene rings is 1. The lowest BCUT2D eigenvalue weighted by Gasteiger charge is -2.24. The zero-order valence-electron chi connectivity index (χ0n) is 12.2. The summed E-state index contributed by atoms with van der Waals surface area (Å²) in [5.41, 5.74) is 0.819. The predicted octanol–water partition coefficient (Wildman–Crippen LogP) is 3.49. The van der Waals surface area contributed by atoms with Gasteiger partial charge >= 0.3 is 5.97 Å². The summed E-state index contributed by atoms with van der Waals surface area (Å²) in [5.74, 6) is -1.67. The summed E-state index contributed by atoms with van der Waals surface area (Å²) < 4.78 is 12.9. The molecule has 0 fully saturated rings. The molecule has 0 aliphatic heterocycles. The zero-order chi connectivity index (χ0) is 16.3. The molecule has 116 valence electrons. The molecule has 0 aliphatic carbocycles. The second-order valence-electron chi connectivity index (χ2n) is 5.09. The number of carboxylic acid groups (broad SMARTS) is 1. The summed E-state index contributed by atoms with van der Waals surface area (Å²) in [6, 6.07) is 9.26. The van der Waals surface area contributed by atoms with E-state index < -0.39 is 5.97 Å². The molecule has 1 aromatic heterocycles. The van der Waals surface area contributed by atoms with Gasteiger partial charge in [0, 0.05) is 10.9 Å². The van der Waals surface area contributed by atoms with Crippen LogP contribution in [0.25, 0.3) is 10.4 Å². The Labute approximate surface area is 131 Å². The molecule has 6 heteroatoms. The van der Waals surface area contributed by atoms with E-state index in [0.29, 0.717) is 4.88 Å². The summed E-state index contributed by atoms with van der Waals surface area (Å²) in [4.78, 5) is 25.9. The van der Waals surface area contributed by atoms with Crippen molar-refractivity contribution in [3.63, 3.8) is 0 Å². The summed E-state index contributed by atoms with van der Waals surface area (Å²) in [6.45, 7) is 3.21. The highest BCUT2D eigenvalue weighted by Crippen LogP contribution is 2.29. The number of aliphatic carboxylic acids is 1. The van der Waals surface area contributed by atoms with Crippen LogP contribution in [0.3, 0.4) is 0 Å². The molecule has 1 heterocycles. The molecule has 2 rings (SSSR count). The van der Waals surface area contributed by atoms with Crippen molar-refractivity contribution in [2.24, 2.45) is 0 Å². The highest BCUT2D eigenvalue weighted by atomic mass is 32.1. The second kappa shape index (κ2) is 6.70. The lowest BCUT2D eigenvalue weighted by atomic mass is 10.2. The van der Waals surface area contributed by atoms with E-state index in [1.165, 1.54) is 28.4 Å². The first-order valence-electron chi connectivity index (χ1n) is 6.77. The molecule has 1 N–H and O–H groups in total. The summed E-state index contributed by atoms with van der Waals surface area (Å²) in [7, 11) is 0. The van der Waals surface area contributed by atoms with E-state index in [1.54, 1.807) is 38.1 Å². The van der Waals surface area contributed by atoms with Gasteiger partial charge in [0.1, 0.15) is 12.4 Å². The first kappa shape index (κ1) is 16.2. The van der Waals surface area contributed by atoms with Gasteiger partial charge in [-0.3, -0.25) is 9.59 Å². The highest BCUT2D eigenvalue weighted by Gasteiger charge is 2.22. The Morgan fingerprint density at radius 2 is 1.82 bits per heavy atom. The smallest absolute Gasteiger partial charge is 0.323 e. The molecule has 1 amide bonds. The van der Waals surface area contributed by atoms with Crippen LogP contribution in [-0.2, 0) is 4.79 Å². The third-order valence-corrected chi connectivity index (χ3v) is 4.26. The number of carbonyl (C=O) groups excluding carboxylic acids is 1. The molecule has 4 nitrogen and oxygen atoms in total. The van der Waals surface area contributed by atoms with Crippen molar-refractivity contribution >= 4 is 23.2 Å². The van der Waals surface area contributed by atoms with Crippen LogP contribution in [0.15, 0.2) is 36.4 Å².